The minimum atomic E-state index is -0.167. The molecule has 1 aliphatic carbocycles. The van der Waals surface area contributed by atoms with Crippen molar-refractivity contribution in [2.45, 2.75) is 50.8 Å². The van der Waals surface area contributed by atoms with E-state index in [4.69, 9.17) is 4.74 Å². The predicted octanol–water partition coefficient (Wildman–Crippen LogP) is 0.846. The molecule has 0 radical (unpaired) electrons. The van der Waals surface area contributed by atoms with Crippen molar-refractivity contribution >= 4 is 0 Å². The predicted molar refractivity (Wildman–Crippen MR) is 72.7 cm³/mol. The molecule has 1 saturated carbocycles. The minimum Gasteiger partial charge on any atom is -0.394 e. The maximum Gasteiger partial charge on any atom is 0.0724 e. The lowest BCUT2D eigenvalue weighted by Gasteiger charge is -2.41. The third-order valence-electron chi connectivity index (χ3n) is 4.33. The zero-order valence-corrected chi connectivity index (χ0v) is 12.0. The molecule has 3 atom stereocenters. The van der Waals surface area contributed by atoms with E-state index in [2.05, 4.69) is 24.1 Å². The largest absolute Gasteiger partial charge is 0.394 e. The number of likely N-dealkylation sites (tertiary alicyclic amines) is 1. The van der Waals surface area contributed by atoms with Crippen LogP contribution in [0, 0.1) is 5.92 Å². The monoisotopic (exact) mass is 256 g/mol. The normalized spacial score (nSPS) is 33.3. The van der Waals surface area contributed by atoms with Gasteiger partial charge >= 0.3 is 0 Å². The van der Waals surface area contributed by atoms with Gasteiger partial charge in [-0.25, -0.2) is 0 Å². The number of hydrogen-bond donors (Lipinski definition) is 2. The van der Waals surface area contributed by atoms with E-state index in [1.54, 1.807) is 7.11 Å². The van der Waals surface area contributed by atoms with Crippen molar-refractivity contribution in [2.75, 3.05) is 33.4 Å². The third kappa shape index (κ3) is 3.67. The van der Waals surface area contributed by atoms with Crippen molar-refractivity contribution in [3.05, 3.63) is 0 Å². The number of aliphatic hydroxyl groups excluding tert-OH is 1. The van der Waals surface area contributed by atoms with Crippen molar-refractivity contribution in [3.63, 3.8) is 0 Å². The van der Waals surface area contributed by atoms with Crippen LogP contribution in [-0.2, 0) is 4.74 Å². The van der Waals surface area contributed by atoms with Crippen LogP contribution in [0.3, 0.4) is 0 Å². The Morgan fingerprint density at radius 2 is 2.11 bits per heavy atom. The minimum absolute atomic E-state index is 0.167. The highest BCUT2D eigenvalue weighted by Gasteiger charge is 2.35. The fraction of sp³-hybridized carbons (Fsp3) is 1.00. The van der Waals surface area contributed by atoms with Gasteiger partial charge in [-0.1, -0.05) is 6.92 Å². The standard InChI is InChI=1S/C14H28N2O2/c1-11-6-7-16(8-13(11)18-3)9-14(2,10-17)15-12-4-5-12/h11-13,15,17H,4-10H2,1-3H3. The number of ether oxygens (including phenoxy) is 1. The molecule has 0 aromatic rings. The summed E-state index contributed by atoms with van der Waals surface area (Å²) in [5.41, 5.74) is -0.167. The van der Waals surface area contributed by atoms with Crippen molar-refractivity contribution < 1.29 is 9.84 Å². The van der Waals surface area contributed by atoms with Gasteiger partial charge in [0, 0.05) is 26.2 Å². The Morgan fingerprint density at radius 1 is 1.39 bits per heavy atom. The average molecular weight is 256 g/mol. The highest BCUT2D eigenvalue weighted by Crippen LogP contribution is 2.25. The van der Waals surface area contributed by atoms with Gasteiger partial charge in [0.25, 0.3) is 0 Å². The molecule has 18 heavy (non-hydrogen) atoms. The van der Waals surface area contributed by atoms with Gasteiger partial charge in [-0.2, -0.15) is 0 Å². The molecule has 0 spiro atoms. The first-order chi connectivity index (χ1) is 8.56. The maximum absolute atomic E-state index is 9.65. The maximum atomic E-state index is 9.65. The SMILES string of the molecule is COC1CN(CC(C)(CO)NC2CC2)CCC1C. The van der Waals surface area contributed by atoms with E-state index in [1.807, 2.05) is 0 Å². The Bertz CT molecular complexity index is 271. The van der Waals surface area contributed by atoms with Crippen molar-refractivity contribution in [3.8, 4) is 0 Å². The summed E-state index contributed by atoms with van der Waals surface area (Å²) in [6.07, 6.45) is 4.03. The first-order valence-corrected chi connectivity index (χ1v) is 7.20. The summed E-state index contributed by atoms with van der Waals surface area (Å²) in [5, 5.41) is 13.2. The number of nitrogens with one attached hydrogen (secondary N) is 1. The van der Waals surface area contributed by atoms with Gasteiger partial charge in [-0.3, -0.25) is 4.90 Å². The van der Waals surface area contributed by atoms with E-state index in [0.717, 1.165) is 19.6 Å². The summed E-state index contributed by atoms with van der Waals surface area (Å²) in [6.45, 7) is 7.60. The van der Waals surface area contributed by atoms with Gasteiger partial charge < -0.3 is 15.2 Å². The van der Waals surface area contributed by atoms with Crippen molar-refractivity contribution in [1.82, 2.24) is 10.2 Å². The molecule has 1 aliphatic heterocycles. The van der Waals surface area contributed by atoms with Crippen molar-refractivity contribution in [1.29, 1.82) is 0 Å². The molecule has 3 unspecified atom stereocenters. The molecular weight excluding hydrogens is 228 g/mol. The molecule has 4 heteroatoms. The fourth-order valence-corrected chi connectivity index (χ4v) is 2.90. The Kier molecular flexibility index (Phi) is 4.64. The van der Waals surface area contributed by atoms with Gasteiger partial charge in [0.1, 0.15) is 0 Å². The van der Waals surface area contributed by atoms with Gasteiger partial charge in [0.2, 0.25) is 0 Å². The van der Waals surface area contributed by atoms with Gasteiger partial charge in [0.15, 0.2) is 0 Å². The molecule has 2 N–H and O–H groups in total. The smallest absolute Gasteiger partial charge is 0.0724 e. The summed E-state index contributed by atoms with van der Waals surface area (Å²) < 4.78 is 5.55. The lowest BCUT2D eigenvalue weighted by atomic mass is 9.93. The number of nitrogens with zero attached hydrogens (tertiary/aromatic N) is 1. The highest BCUT2D eigenvalue weighted by molar-refractivity contribution is 4.95. The van der Waals surface area contributed by atoms with Gasteiger partial charge in [0.05, 0.1) is 18.2 Å². The molecule has 106 valence electrons. The number of piperidine rings is 1. The zero-order chi connectivity index (χ0) is 13.2. The Balaban J connectivity index is 1.86. The molecule has 2 rings (SSSR count). The first kappa shape index (κ1) is 14.3. The molecular formula is C14H28N2O2. The van der Waals surface area contributed by atoms with Crippen LogP contribution in [0.1, 0.15) is 33.1 Å². The van der Waals surface area contributed by atoms with Crippen LogP contribution in [0.25, 0.3) is 0 Å². The van der Waals surface area contributed by atoms with Crippen LogP contribution in [0.5, 0.6) is 0 Å². The van der Waals surface area contributed by atoms with E-state index in [0.29, 0.717) is 18.1 Å². The van der Waals surface area contributed by atoms with E-state index < -0.39 is 0 Å². The lowest BCUT2D eigenvalue weighted by molar-refractivity contribution is -0.0164. The van der Waals surface area contributed by atoms with E-state index in [9.17, 15) is 5.11 Å². The van der Waals surface area contributed by atoms with Crippen molar-refractivity contribution in [2.24, 2.45) is 5.92 Å². The lowest BCUT2D eigenvalue weighted by Crippen LogP contribution is -2.57. The first-order valence-electron chi connectivity index (χ1n) is 7.20. The van der Waals surface area contributed by atoms with Crippen LogP contribution in [-0.4, -0.2) is 61.0 Å². The topological polar surface area (TPSA) is 44.7 Å². The van der Waals surface area contributed by atoms with Gasteiger partial charge in [-0.15, -0.1) is 0 Å². The summed E-state index contributed by atoms with van der Waals surface area (Å²) in [6, 6.07) is 0.629. The second-order valence-electron chi connectivity index (χ2n) is 6.41. The van der Waals surface area contributed by atoms with Crippen LogP contribution in [0.4, 0.5) is 0 Å². The molecule has 2 fully saturated rings. The van der Waals surface area contributed by atoms with Crippen LogP contribution in [0.15, 0.2) is 0 Å². The fourth-order valence-electron chi connectivity index (χ4n) is 2.90. The molecule has 2 aliphatic rings. The van der Waals surface area contributed by atoms with E-state index in [-0.39, 0.29) is 12.1 Å². The molecule has 4 nitrogen and oxygen atoms in total. The second-order valence-corrected chi connectivity index (χ2v) is 6.41. The second kappa shape index (κ2) is 5.87. The van der Waals surface area contributed by atoms with Crippen LogP contribution in [0.2, 0.25) is 0 Å². The Morgan fingerprint density at radius 3 is 2.67 bits per heavy atom. The number of rotatable bonds is 6. The Hall–Kier alpha value is -0.160. The third-order valence-corrected chi connectivity index (χ3v) is 4.33. The summed E-state index contributed by atoms with van der Waals surface area (Å²) in [5.74, 6) is 0.642. The molecule has 0 amide bonds. The zero-order valence-electron chi connectivity index (χ0n) is 12.0. The van der Waals surface area contributed by atoms with Crippen LogP contribution >= 0.6 is 0 Å². The molecule has 1 heterocycles. The average Bonchev–Trinajstić information content (AvgIpc) is 3.15. The van der Waals surface area contributed by atoms with E-state index in [1.165, 1.54) is 19.3 Å². The number of methoxy groups -OCH3 is 1. The summed E-state index contributed by atoms with van der Waals surface area (Å²) in [7, 11) is 1.80. The van der Waals surface area contributed by atoms with Crippen LogP contribution < -0.4 is 5.32 Å². The molecule has 0 aromatic heterocycles. The summed E-state index contributed by atoms with van der Waals surface area (Å²) in [4.78, 5) is 2.43. The summed E-state index contributed by atoms with van der Waals surface area (Å²) >= 11 is 0. The van der Waals surface area contributed by atoms with Gasteiger partial charge in [-0.05, 0) is 38.6 Å². The molecule has 0 bridgehead atoms. The molecule has 0 aromatic carbocycles. The Labute approximate surface area is 111 Å². The number of hydrogen-bond acceptors (Lipinski definition) is 4. The number of aliphatic hydroxyl groups is 1. The molecule has 1 saturated heterocycles. The highest BCUT2D eigenvalue weighted by atomic mass is 16.5. The van der Waals surface area contributed by atoms with E-state index >= 15 is 0 Å². The quantitative estimate of drug-likeness (QED) is 0.739.